The fraction of sp³-hybridized carbons (Fsp3) is 0.222. The third-order valence-corrected chi connectivity index (χ3v) is 2.56. The molecular formula is C9H9IOS. The van der Waals surface area contributed by atoms with E-state index in [1.807, 2.05) is 18.2 Å². The lowest BCUT2D eigenvalue weighted by atomic mass is 10.2. The van der Waals surface area contributed by atoms with E-state index in [9.17, 15) is 0 Å². The van der Waals surface area contributed by atoms with Gasteiger partial charge in [0.15, 0.2) is 5.05 Å². The van der Waals surface area contributed by atoms with Gasteiger partial charge >= 0.3 is 0 Å². The molecule has 0 spiro atoms. The molecule has 1 nitrogen and oxygen atoms in total. The smallest absolute Gasteiger partial charge is 0.157 e. The van der Waals surface area contributed by atoms with Gasteiger partial charge in [-0.1, -0.05) is 18.2 Å². The Hall–Kier alpha value is -0.160. The van der Waals surface area contributed by atoms with Gasteiger partial charge in [-0.25, -0.2) is 0 Å². The third-order valence-electron chi connectivity index (χ3n) is 1.39. The van der Waals surface area contributed by atoms with Gasteiger partial charge < -0.3 is 4.74 Å². The summed E-state index contributed by atoms with van der Waals surface area (Å²) in [5.74, 6) is 0. The highest BCUT2D eigenvalue weighted by Gasteiger charge is 1.97. The molecule has 0 radical (unpaired) electrons. The number of halogens is 1. The van der Waals surface area contributed by atoms with Crippen molar-refractivity contribution in [2.75, 3.05) is 0 Å². The fourth-order valence-electron chi connectivity index (χ4n) is 0.795. The molecule has 0 saturated heterocycles. The van der Waals surface area contributed by atoms with Gasteiger partial charge in [0.1, 0.15) is 6.61 Å². The Morgan fingerprint density at radius 3 is 2.75 bits per heavy atom. The van der Waals surface area contributed by atoms with Gasteiger partial charge in [-0.05, 0) is 40.9 Å². The second-order valence-electron chi connectivity index (χ2n) is 2.37. The van der Waals surface area contributed by atoms with Crippen molar-refractivity contribution in [1.29, 1.82) is 0 Å². The number of hydrogen-bond acceptors (Lipinski definition) is 2. The van der Waals surface area contributed by atoms with Crippen LogP contribution in [-0.2, 0) is 11.3 Å². The molecule has 0 amide bonds. The molecule has 0 atom stereocenters. The molecule has 0 fully saturated rings. The third kappa shape index (κ3) is 3.06. The van der Waals surface area contributed by atoms with Crippen LogP contribution in [-0.4, -0.2) is 5.05 Å². The van der Waals surface area contributed by atoms with Crippen LogP contribution in [0.3, 0.4) is 0 Å². The van der Waals surface area contributed by atoms with Crippen LogP contribution in [0.4, 0.5) is 0 Å². The van der Waals surface area contributed by atoms with Gasteiger partial charge in [0.25, 0.3) is 0 Å². The van der Waals surface area contributed by atoms with Gasteiger partial charge in [0, 0.05) is 16.1 Å². The number of benzene rings is 1. The normalized spacial score (nSPS) is 9.50. The highest BCUT2D eigenvalue weighted by Crippen LogP contribution is 2.12. The molecule has 12 heavy (non-hydrogen) atoms. The molecule has 1 aromatic carbocycles. The van der Waals surface area contributed by atoms with Crippen LogP contribution in [0.5, 0.6) is 0 Å². The van der Waals surface area contributed by atoms with Crippen molar-refractivity contribution in [3.05, 3.63) is 33.4 Å². The van der Waals surface area contributed by atoms with Crippen molar-refractivity contribution in [1.82, 2.24) is 0 Å². The van der Waals surface area contributed by atoms with E-state index >= 15 is 0 Å². The quantitative estimate of drug-likeness (QED) is 0.611. The molecule has 0 heterocycles. The zero-order valence-corrected chi connectivity index (χ0v) is 9.68. The number of rotatable bonds is 2. The lowest BCUT2D eigenvalue weighted by Gasteiger charge is -2.04. The van der Waals surface area contributed by atoms with E-state index in [2.05, 4.69) is 28.7 Å². The van der Waals surface area contributed by atoms with E-state index in [1.54, 1.807) is 6.92 Å². The molecule has 0 aliphatic carbocycles. The first-order valence-electron chi connectivity index (χ1n) is 3.57. The SMILES string of the molecule is CC(=S)OCc1ccccc1I. The zero-order valence-electron chi connectivity index (χ0n) is 6.71. The summed E-state index contributed by atoms with van der Waals surface area (Å²) in [7, 11) is 0. The topological polar surface area (TPSA) is 9.23 Å². The number of ether oxygens (including phenoxy) is 1. The van der Waals surface area contributed by atoms with E-state index in [4.69, 9.17) is 17.0 Å². The minimum atomic E-state index is 0.578. The molecule has 0 saturated carbocycles. The molecular weight excluding hydrogens is 283 g/mol. The van der Waals surface area contributed by atoms with Crippen LogP contribution in [0.25, 0.3) is 0 Å². The first-order valence-corrected chi connectivity index (χ1v) is 5.05. The fourth-order valence-corrected chi connectivity index (χ4v) is 1.40. The van der Waals surface area contributed by atoms with Crippen LogP contribution in [0.15, 0.2) is 24.3 Å². The maximum atomic E-state index is 5.24. The molecule has 1 aromatic rings. The summed E-state index contributed by atoms with van der Waals surface area (Å²) in [6.07, 6.45) is 0. The minimum absolute atomic E-state index is 0.578. The van der Waals surface area contributed by atoms with Gasteiger partial charge in [-0.3, -0.25) is 0 Å². The van der Waals surface area contributed by atoms with E-state index in [1.165, 1.54) is 9.13 Å². The maximum Gasteiger partial charge on any atom is 0.157 e. The monoisotopic (exact) mass is 292 g/mol. The predicted octanol–water partition coefficient (Wildman–Crippen LogP) is 3.16. The molecule has 0 aliphatic rings. The largest absolute Gasteiger partial charge is 0.483 e. The minimum Gasteiger partial charge on any atom is -0.483 e. The summed E-state index contributed by atoms with van der Waals surface area (Å²) in [5.41, 5.74) is 1.18. The average Bonchev–Trinajstić information content (AvgIpc) is 2.03. The van der Waals surface area contributed by atoms with Crippen LogP contribution >= 0.6 is 34.8 Å². The molecule has 3 heteroatoms. The number of thiocarbonyl (C=S) groups is 1. The van der Waals surface area contributed by atoms with Crippen LogP contribution in [0.2, 0.25) is 0 Å². The summed E-state index contributed by atoms with van der Waals surface area (Å²) in [6, 6.07) is 8.10. The van der Waals surface area contributed by atoms with Crippen LogP contribution < -0.4 is 0 Å². The Labute approximate surface area is 91.3 Å². The Morgan fingerprint density at radius 1 is 1.50 bits per heavy atom. The predicted molar refractivity (Wildman–Crippen MR) is 62.2 cm³/mol. The molecule has 0 bridgehead atoms. The van der Waals surface area contributed by atoms with Crippen molar-refractivity contribution >= 4 is 39.9 Å². The standard InChI is InChI=1S/C9H9IOS/c1-7(12)11-6-8-4-2-3-5-9(8)10/h2-5H,6H2,1H3. The summed E-state index contributed by atoms with van der Waals surface area (Å²) < 4.78 is 6.45. The Kier molecular flexibility index (Phi) is 3.94. The number of hydrogen-bond donors (Lipinski definition) is 0. The highest BCUT2D eigenvalue weighted by molar-refractivity contribution is 14.1. The molecule has 0 aliphatic heterocycles. The molecule has 0 aromatic heterocycles. The Balaban J connectivity index is 2.63. The summed E-state index contributed by atoms with van der Waals surface area (Å²) in [4.78, 5) is 0. The average molecular weight is 292 g/mol. The summed E-state index contributed by atoms with van der Waals surface area (Å²) in [5, 5.41) is 0.592. The van der Waals surface area contributed by atoms with Gasteiger partial charge in [0.2, 0.25) is 0 Å². The van der Waals surface area contributed by atoms with E-state index < -0.39 is 0 Å². The van der Waals surface area contributed by atoms with Gasteiger partial charge in [0.05, 0.1) is 0 Å². The van der Waals surface area contributed by atoms with Gasteiger partial charge in [-0.2, -0.15) is 0 Å². The van der Waals surface area contributed by atoms with Crippen molar-refractivity contribution < 1.29 is 4.74 Å². The maximum absolute atomic E-state index is 5.24. The first-order chi connectivity index (χ1) is 5.70. The second-order valence-corrected chi connectivity index (χ2v) is 4.11. The molecule has 0 unspecified atom stereocenters. The summed E-state index contributed by atoms with van der Waals surface area (Å²) in [6.45, 7) is 2.36. The van der Waals surface area contributed by atoms with Gasteiger partial charge in [-0.15, -0.1) is 0 Å². The molecule has 1 rings (SSSR count). The summed E-state index contributed by atoms with van der Waals surface area (Å²) >= 11 is 7.10. The lowest BCUT2D eigenvalue weighted by molar-refractivity contribution is 0.298. The Bertz CT molecular complexity index is 286. The first kappa shape index (κ1) is 9.92. The van der Waals surface area contributed by atoms with Crippen LogP contribution in [0.1, 0.15) is 12.5 Å². The van der Waals surface area contributed by atoms with Crippen molar-refractivity contribution in [3.8, 4) is 0 Å². The lowest BCUT2D eigenvalue weighted by Crippen LogP contribution is -1.98. The van der Waals surface area contributed by atoms with Crippen molar-refractivity contribution in [3.63, 3.8) is 0 Å². The molecule has 64 valence electrons. The van der Waals surface area contributed by atoms with Crippen molar-refractivity contribution in [2.24, 2.45) is 0 Å². The van der Waals surface area contributed by atoms with E-state index in [0.29, 0.717) is 11.7 Å². The molecule has 0 N–H and O–H groups in total. The van der Waals surface area contributed by atoms with Crippen LogP contribution in [0, 0.1) is 3.57 Å². The van der Waals surface area contributed by atoms with E-state index in [0.717, 1.165) is 0 Å². The van der Waals surface area contributed by atoms with Crippen molar-refractivity contribution in [2.45, 2.75) is 13.5 Å². The Morgan fingerprint density at radius 2 is 2.17 bits per heavy atom. The zero-order chi connectivity index (χ0) is 8.97. The second kappa shape index (κ2) is 4.77. The van der Waals surface area contributed by atoms with E-state index in [-0.39, 0.29) is 0 Å². The highest BCUT2D eigenvalue weighted by atomic mass is 127.